The first-order chi connectivity index (χ1) is 6.74. The van der Waals surface area contributed by atoms with Crippen molar-refractivity contribution in [3.8, 4) is 0 Å². The van der Waals surface area contributed by atoms with Gasteiger partial charge in [-0.1, -0.05) is 30.3 Å². The molecule has 0 unspecified atom stereocenters. The van der Waals surface area contributed by atoms with Crippen LogP contribution in [0.3, 0.4) is 0 Å². The number of rotatable bonds is 6. The zero-order chi connectivity index (χ0) is 10.8. The molecule has 0 aromatic carbocycles. The average Bonchev–Trinajstić information content (AvgIpc) is 2.21. The lowest BCUT2D eigenvalue weighted by Gasteiger charge is -1.97. The summed E-state index contributed by atoms with van der Waals surface area (Å²) in [6.07, 6.45) is 7.10. The number of hydrogen-bond donors (Lipinski definition) is 0. The van der Waals surface area contributed by atoms with E-state index in [1.807, 2.05) is 32.1 Å². The van der Waals surface area contributed by atoms with Gasteiger partial charge in [0.1, 0.15) is 5.78 Å². The molecule has 0 aliphatic carbocycles. The molecule has 0 aromatic heterocycles. The number of carbonyl (C=O) groups is 1. The van der Waals surface area contributed by atoms with Crippen molar-refractivity contribution in [1.82, 2.24) is 0 Å². The molecule has 0 aromatic rings. The molecule has 0 radical (unpaired) electrons. The van der Waals surface area contributed by atoms with E-state index >= 15 is 0 Å². The highest BCUT2D eigenvalue weighted by Crippen LogP contribution is 2.05. The van der Waals surface area contributed by atoms with Gasteiger partial charge >= 0.3 is 0 Å². The Morgan fingerprint density at radius 3 is 2.79 bits per heavy atom. The number of hydrogen-bond acceptors (Lipinski definition) is 2. The van der Waals surface area contributed by atoms with Crippen molar-refractivity contribution in [1.29, 1.82) is 0 Å². The van der Waals surface area contributed by atoms with E-state index in [-0.39, 0.29) is 12.3 Å². The van der Waals surface area contributed by atoms with Gasteiger partial charge in [-0.15, -0.1) is 0 Å². The standard InChI is InChI=1S/C10H15N3O/c1-3-5-6-9(4-2)7-10(14)8-12-13-11/h4-6H,3,7-8H2,1-2H3/b6-5-,9-4+. The number of allylic oxidation sites excluding steroid dienone is 4. The lowest BCUT2D eigenvalue weighted by Crippen LogP contribution is -2.02. The van der Waals surface area contributed by atoms with Crippen molar-refractivity contribution in [3.63, 3.8) is 0 Å². The number of Topliss-reactive ketones (excluding diaryl/α,β-unsaturated/α-hetero) is 1. The maximum Gasteiger partial charge on any atom is 0.143 e. The molecule has 0 spiro atoms. The van der Waals surface area contributed by atoms with Crippen LogP contribution in [-0.2, 0) is 4.79 Å². The van der Waals surface area contributed by atoms with E-state index in [9.17, 15) is 4.79 Å². The van der Waals surface area contributed by atoms with Crippen LogP contribution in [0.1, 0.15) is 26.7 Å². The third-order valence-corrected chi connectivity index (χ3v) is 1.65. The minimum absolute atomic E-state index is 0.0587. The first-order valence-corrected chi connectivity index (χ1v) is 4.58. The molecule has 0 fully saturated rings. The van der Waals surface area contributed by atoms with Crippen molar-refractivity contribution in [3.05, 3.63) is 34.2 Å². The molecule has 0 saturated heterocycles. The van der Waals surface area contributed by atoms with Crippen LogP contribution in [0.5, 0.6) is 0 Å². The Bertz CT molecular complexity index is 286. The third kappa shape index (κ3) is 6.03. The van der Waals surface area contributed by atoms with Crippen LogP contribution in [0.25, 0.3) is 10.4 Å². The second-order valence-electron chi connectivity index (χ2n) is 2.78. The van der Waals surface area contributed by atoms with Gasteiger partial charge in [-0.3, -0.25) is 4.79 Å². The van der Waals surface area contributed by atoms with Gasteiger partial charge in [0.25, 0.3) is 0 Å². The van der Waals surface area contributed by atoms with Crippen LogP contribution in [-0.4, -0.2) is 12.3 Å². The molecule has 0 N–H and O–H groups in total. The van der Waals surface area contributed by atoms with Crippen LogP contribution in [0.4, 0.5) is 0 Å². The largest absolute Gasteiger partial charge is 0.299 e. The monoisotopic (exact) mass is 193 g/mol. The minimum Gasteiger partial charge on any atom is -0.299 e. The number of nitrogens with zero attached hydrogens (tertiary/aromatic N) is 3. The molecule has 0 saturated carbocycles. The third-order valence-electron chi connectivity index (χ3n) is 1.65. The van der Waals surface area contributed by atoms with E-state index in [0.29, 0.717) is 6.42 Å². The molecule has 0 rings (SSSR count). The van der Waals surface area contributed by atoms with Crippen LogP contribution >= 0.6 is 0 Å². The Hall–Kier alpha value is -1.54. The van der Waals surface area contributed by atoms with E-state index in [1.54, 1.807) is 0 Å². The molecule has 14 heavy (non-hydrogen) atoms. The van der Waals surface area contributed by atoms with Crippen molar-refractivity contribution in [2.45, 2.75) is 26.7 Å². The first kappa shape index (κ1) is 12.5. The number of carbonyl (C=O) groups excluding carboxylic acids is 1. The van der Waals surface area contributed by atoms with Crippen LogP contribution in [0, 0.1) is 0 Å². The molecule has 76 valence electrons. The van der Waals surface area contributed by atoms with Crippen molar-refractivity contribution in [2.75, 3.05) is 6.54 Å². The zero-order valence-corrected chi connectivity index (χ0v) is 8.60. The van der Waals surface area contributed by atoms with E-state index in [4.69, 9.17) is 5.53 Å². The van der Waals surface area contributed by atoms with Crippen LogP contribution in [0.2, 0.25) is 0 Å². The summed E-state index contributed by atoms with van der Waals surface area (Å²) in [5.74, 6) is -0.0587. The van der Waals surface area contributed by atoms with Crippen molar-refractivity contribution < 1.29 is 4.79 Å². The maximum absolute atomic E-state index is 11.2. The fourth-order valence-electron chi connectivity index (χ4n) is 0.921. The van der Waals surface area contributed by atoms with Gasteiger partial charge in [0.2, 0.25) is 0 Å². The highest BCUT2D eigenvalue weighted by atomic mass is 16.1. The van der Waals surface area contributed by atoms with Gasteiger partial charge in [-0.2, -0.15) is 0 Å². The predicted octanol–water partition coefficient (Wildman–Crippen LogP) is 3.17. The molecule has 4 nitrogen and oxygen atoms in total. The summed E-state index contributed by atoms with van der Waals surface area (Å²) in [6.45, 7) is 3.86. The lowest BCUT2D eigenvalue weighted by atomic mass is 10.1. The minimum atomic E-state index is -0.0617. The fraction of sp³-hybridized carbons (Fsp3) is 0.500. The lowest BCUT2D eigenvalue weighted by molar-refractivity contribution is -0.117. The summed E-state index contributed by atoms with van der Waals surface area (Å²) in [6, 6.07) is 0. The van der Waals surface area contributed by atoms with Gasteiger partial charge in [0, 0.05) is 11.3 Å². The second kappa shape index (κ2) is 8.08. The van der Waals surface area contributed by atoms with E-state index in [2.05, 4.69) is 10.0 Å². The number of ketones is 1. The van der Waals surface area contributed by atoms with Gasteiger partial charge in [-0.25, -0.2) is 0 Å². The second-order valence-corrected chi connectivity index (χ2v) is 2.78. The van der Waals surface area contributed by atoms with Gasteiger partial charge in [0.15, 0.2) is 0 Å². The predicted molar refractivity (Wildman–Crippen MR) is 56.8 cm³/mol. The summed E-state index contributed by atoms with van der Waals surface area (Å²) in [5, 5.41) is 3.22. The summed E-state index contributed by atoms with van der Waals surface area (Å²) in [5.41, 5.74) is 8.99. The Morgan fingerprint density at radius 1 is 1.57 bits per heavy atom. The SMILES string of the molecule is C/C=C(\C=C/CC)CC(=O)CN=[N+]=[N-]. The molecule has 0 amide bonds. The summed E-state index contributed by atoms with van der Waals surface area (Å²) >= 11 is 0. The summed E-state index contributed by atoms with van der Waals surface area (Å²) in [7, 11) is 0. The highest BCUT2D eigenvalue weighted by Gasteiger charge is 2.01. The molecule has 4 heteroatoms. The van der Waals surface area contributed by atoms with Gasteiger partial charge < -0.3 is 0 Å². The summed E-state index contributed by atoms with van der Waals surface area (Å²) < 4.78 is 0. The Balaban J connectivity index is 4.12. The van der Waals surface area contributed by atoms with E-state index in [1.165, 1.54) is 0 Å². The molecule has 0 heterocycles. The maximum atomic E-state index is 11.2. The van der Waals surface area contributed by atoms with Gasteiger partial charge in [0.05, 0.1) is 6.54 Å². The smallest absolute Gasteiger partial charge is 0.143 e. The molecule has 0 aliphatic heterocycles. The zero-order valence-electron chi connectivity index (χ0n) is 8.60. The summed E-state index contributed by atoms with van der Waals surface area (Å²) in [4.78, 5) is 13.7. The normalized spacial score (nSPS) is 11.4. The Morgan fingerprint density at radius 2 is 2.29 bits per heavy atom. The van der Waals surface area contributed by atoms with E-state index in [0.717, 1.165) is 12.0 Å². The molecule has 0 atom stereocenters. The number of azide groups is 1. The van der Waals surface area contributed by atoms with Crippen molar-refractivity contribution >= 4 is 5.78 Å². The van der Waals surface area contributed by atoms with Crippen LogP contribution in [0.15, 0.2) is 28.9 Å². The van der Waals surface area contributed by atoms with Crippen LogP contribution < -0.4 is 0 Å². The topological polar surface area (TPSA) is 65.8 Å². The Labute approximate surface area is 83.9 Å². The first-order valence-electron chi connectivity index (χ1n) is 4.58. The van der Waals surface area contributed by atoms with E-state index < -0.39 is 0 Å². The van der Waals surface area contributed by atoms with Crippen molar-refractivity contribution in [2.24, 2.45) is 5.11 Å². The van der Waals surface area contributed by atoms with Gasteiger partial charge in [-0.05, 0) is 24.4 Å². The molecule has 0 bridgehead atoms. The quantitative estimate of drug-likeness (QED) is 0.276. The Kier molecular flexibility index (Phi) is 7.19. The highest BCUT2D eigenvalue weighted by molar-refractivity contribution is 5.83. The fourth-order valence-corrected chi connectivity index (χ4v) is 0.921. The molecular formula is C10H15N3O. The average molecular weight is 193 g/mol. The molecular weight excluding hydrogens is 178 g/mol. The molecule has 0 aliphatic rings.